The van der Waals surface area contributed by atoms with Gasteiger partial charge in [-0.3, -0.25) is 9.69 Å². The van der Waals surface area contributed by atoms with Crippen LogP contribution in [0.25, 0.3) is 0 Å². The van der Waals surface area contributed by atoms with E-state index >= 15 is 0 Å². The van der Waals surface area contributed by atoms with Crippen LogP contribution in [0.2, 0.25) is 0 Å². The molecule has 1 aromatic rings. The van der Waals surface area contributed by atoms with Crippen LogP contribution in [0.1, 0.15) is 41.6 Å². The smallest absolute Gasteiger partial charge is 0.257 e. The van der Waals surface area contributed by atoms with Crippen LogP contribution in [0.3, 0.4) is 0 Å². The highest BCUT2D eigenvalue weighted by Crippen LogP contribution is 2.26. The van der Waals surface area contributed by atoms with Crippen LogP contribution in [0.5, 0.6) is 0 Å². The number of morpholine rings is 1. The number of carbonyl (C=O) groups is 1. The molecule has 1 aromatic heterocycles. The number of hydrogen-bond acceptors (Lipinski definition) is 6. The second kappa shape index (κ2) is 6.98. The Bertz CT molecular complexity index is 554. The molecule has 0 aromatic carbocycles. The van der Waals surface area contributed by atoms with E-state index in [2.05, 4.69) is 15.4 Å². The number of aliphatic hydroxyl groups excluding tert-OH is 1. The minimum atomic E-state index is -0.553. The molecule has 0 spiro atoms. The molecule has 2 fully saturated rings. The molecule has 128 valence electrons. The molecule has 3 atom stereocenters. The van der Waals surface area contributed by atoms with Gasteiger partial charge in [0.25, 0.3) is 5.91 Å². The van der Waals surface area contributed by atoms with E-state index in [1.54, 1.807) is 6.92 Å². The van der Waals surface area contributed by atoms with E-state index in [0.29, 0.717) is 36.7 Å². The highest BCUT2D eigenvalue weighted by molar-refractivity contribution is 5.96. The van der Waals surface area contributed by atoms with Crippen LogP contribution in [0.4, 0.5) is 0 Å². The lowest BCUT2D eigenvalue weighted by Gasteiger charge is -2.34. The molecule has 7 nitrogen and oxygen atoms in total. The molecule has 1 saturated heterocycles. The molecule has 0 unspecified atom stereocenters. The molecule has 1 amide bonds. The van der Waals surface area contributed by atoms with Gasteiger partial charge in [-0.15, -0.1) is 0 Å². The molecule has 0 bridgehead atoms. The summed E-state index contributed by atoms with van der Waals surface area (Å²) >= 11 is 0. The predicted octanol–water partition coefficient (Wildman–Crippen LogP) is 0.499. The molecule has 1 saturated carbocycles. The van der Waals surface area contributed by atoms with Crippen molar-refractivity contribution < 1.29 is 19.2 Å². The average molecular weight is 323 g/mol. The van der Waals surface area contributed by atoms with Gasteiger partial charge in [0, 0.05) is 19.1 Å². The standard InChI is InChI=1S/C16H25N3O4/c1-3-11-14(10(2)23-18-11)16(21)17-12-4-5-13(15(12)20)19-6-8-22-9-7-19/h12-13,15,20H,3-9H2,1-2H3,(H,17,21)/t12-,13-,15-/m1/s1. The van der Waals surface area contributed by atoms with Crippen molar-refractivity contribution in [1.82, 2.24) is 15.4 Å². The van der Waals surface area contributed by atoms with E-state index < -0.39 is 6.10 Å². The molecule has 2 N–H and O–H groups in total. The number of nitrogens with one attached hydrogen (secondary N) is 1. The Morgan fingerprint density at radius 3 is 2.83 bits per heavy atom. The Morgan fingerprint density at radius 2 is 2.13 bits per heavy atom. The maximum absolute atomic E-state index is 12.5. The Kier molecular flexibility index (Phi) is 4.99. The number of carbonyl (C=O) groups excluding carboxylic acids is 1. The molecular weight excluding hydrogens is 298 g/mol. The summed E-state index contributed by atoms with van der Waals surface area (Å²) in [7, 11) is 0. The summed E-state index contributed by atoms with van der Waals surface area (Å²) in [6, 6.07) is -0.132. The zero-order valence-corrected chi connectivity index (χ0v) is 13.7. The van der Waals surface area contributed by atoms with E-state index in [4.69, 9.17) is 9.26 Å². The summed E-state index contributed by atoms with van der Waals surface area (Å²) in [6.07, 6.45) is 1.75. The van der Waals surface area contributed by atoms with Gasteiger partial charge >= 0.3 is 0 Å². The lowest BCUT2D eigenvalue weighted by molar-refractivity contribution is -0.0154. The van der Waals surface area contributed by atoms with Crippen molar-refractivity contribution in [1.29, 1.82) is 0 Å². The summed E-state index contributed by atoms with van der Waals surface area (Å²) in [5, 5.41) is 17.5. The SMILES string of the molecule is CCc1noc(C)c1C(=O)N[C@@H]1CC[C@@H](N2CCOCC2)[C@@H]1O. The fourth-order valence-electron chi connectivity index (χ4n) is 3.62. The van der Waals surface area contributed by atoms with Crippen molar-refractivity contribution in [2.75, 3.05) is 26.3 Å². The Hall–Kier alpha value is -1.44. The van der Waals surface area contributed by atoms with E-state index in [0.717, 1.165) is 25.9 Å². The maximum Gasteiger partial charge on any atom is 0.257 e. The molecule has 7 heteroatoms. The van der Waals surface area contributed by atoms with Crippen molar-refractivity contribution in [2.45, 2.75) is 51.3 Å². The van der Waals surface area contributed by atoms with Gasteiger partial charge in [-0.2, -0.15) is 0 Å². The van der Waals surface area contributed by atoms with Crippen LogP contribution in [0, 0.1) is 6.92 Å². The number of hydrogen-bond donors (Lipinski definition) is 2. The largest absolute Gasteiger partial charge is 0.389 e. The highest BCUT2D eigenvalue weighted by Gasteiger charge is 2.39. The van der Waals surface area contributed by atoms with E-state index in [9.17, 15) is 9.90 Å². The predicted molar refractivity (Wildman–Crippen MR) is 83.3 cm³/mol. The molecule has 1 aliphatic heterocycles. The summed E-state index contributed by atoms with van der Waals surface area (Å²) in [4.78, 5) is 14.8. The number of aryl methyl sites for hydroxylation is 2. The number of rotatable bonds is 4. The fourth-order valence-corrected chi connectivity index (χ4v) is 3.62. The molecular formula is C16H25N3O4. The third kappa shape index (κ3) is 3.27. The molecule has 2 aliphatic rings. The quantitative estimate of drug-likeness (QED) is 0.839. The van der Waals surface area contributed by atoms with Gasteiger partial charge in [-0.25, -0.2) is 0 Å². The number of ether oxygens (including phenoxy) is 1. The highest BCUT2D eigenvalue weighted by atomic mass is 16.5. The zero-order chi connectivity index (χ0) is 16.4. The van der Waals surface area contributed by atoms with Crippen molar-refractivity contribution >= 4 is 5.91 Å². The van der Waals surface area contributed by atoms with Crippen LogP contribution in [-0.4, -0.2) is 65.6 Å². The number of amides is 1. The van der Waals surface area contributed by atoms with Crippen molar-refractivity contribution in [3.05, 3.63) is 17.0 Å². The first kappa shape index (κ1) is 16.4. The van der Waals surface area contributed by atoms with E-state index in [1.165, 1.54) is 0 Å². The van der Waals surface area contributed by atoms with Gasteiger partial charge in [0.15, 0.2) is 0 Å². The maximum atomic E-state index is 12.5. The number of aromatic nitrogens is 1. The van der Waals surface area contributed by atoms with Gasteiger partial charge in [-0.1, -0.05) is 12.1 Å². The Morgan fingerprint density at radius 1 is 1.39 bits per heavy atom. The van der Waals surface area contributed by atoms with E-state index in [1.807, 2.05) is 6.92 Å². The summed E-state index contributed by atoms with van der Waals surface area (Å²) < 4.78 is 10.5. The third-order valence-corrected chi connectivity index (χ3v) is 4.91. The molecule has 1 aliphatic carbocycles. The first-order valence-electron chi connectivity index (χ1n) is 8.37. The van der Waals surface area contributed by atoms with Crippen molar-refractivity contribution in [3.63, 3.8) is 0 Å². The van der Waals surface area contributed by atoms with Gasteiger partial charge < -0.3 is 19.7 Å². The monoisotopic (exact) mass is 323 g/mol. The second-order valence-corrected chi connectivity index (χ2v) is 6.28. The van der Waals surface area contributed by atoms with Crippen LogP contribution in [0.15, 0.2) is 4.52 Å². The second-order valence-electron chi connectivity index (χ2n) is 6.28. The van der Waals surface area contributed by atoms with Gasteiger partial charge in [0.1, 0.15) is 11.3 Å². The van der Waals surface area contributed by atoms with Gasteiger partial charge in [0.2, 0.25) is 0 Å². The molecule has 23 heavy (non-hydrogen) atoms. The minimum Gasteiger partial charge on any atom is -0.389 e. The first-order chi connectivity index (χ1) is 11.1. The van der Waals surface area contributed by atoms with Crippen molar-refractivity contribution in [2.24, 2.45) is 0 Å². The van der Waals surface area contributed by atoms with E-state index in [-0.39, 0.29) is 18.0 Å². The third-order valence-electron chi connectivity index (χ3n) is 4.91. The molecule has 3 rings (SSSR count). The Labute approximate surface area is 136 Å². The molecule has 2 heterocycles. The Balaban J connectivity index is 1.64. The lowest BCUT2D eigenvalue weighted by atomic mass is 10.1. The summed E-state index contributed by atoms with van der Waals surface area (Å²) in [6.45, 7) is 6.77. The molecule has 0 radical (unpaired) electrons. The summed E-state index contributed by atoms with van der Waals surface area (Å²) in [5.74, 6) is 0.323. The average Bonchev–Trinajstić information content (AvgIpc) is 3.11. The van der Waals surface area contributed by atoms with Gasteiger partial charge in [-0.05, 0) is 26.2 Å². The lowest BCUT2D eigenvalue weighted by Crippen LogP contribution is -2.51. The topological polar surface area (TPSA) is 87.8 Å². The minimum absolute atomic E-state index is 0.0958. The zero-order valence-electron chi connectivity index (χ0n) is 13.7. The normalized spacial score (nSPS) is 28.9. The first-order valence-corrected chi connectivity index (χ1v) is 8.37. The van der Waals surface area contributed by atoms with Crippen LogP contribution >= 0.6 is 0 Å². The van der Waals surface area contributed by atoms with Crippen LogP contribution in [-0.2, 0) is 11.2 Å². The van der Waals surface area contributed by atoms with Crippen LogP contribution < -0.4 is 5.32 Å². The fraction of sp³-hybridized carbons (Fsp3) is 0.750. The summed E-state index contributed by atoms with van der Waals surface area (Å²) in [5.41, 5.74) is 1.17. The van der Waals surface area contributed by atoms with Gasteiger partial charge in [0.05, 0.1) is 31.1 Å². The number of aliphatic hydroxyl groups is 1. The van der Waals surface area contributed by atoms with Crippen molar-refractivity contribution in [3.8, 4) is 0 Å². The number of nitrogens with zero attached hydrogens (tertiary/aromatic N) is 2.